The van der Waals surface area contributed by atoms with Crippen molar-refractivity contribution < 1.29 is 32.9 Å². The number of carbonyl (C=O) groups is 1. The van der Waals surface area contributed by atoms with Gasteiger partial charge in [0.2, 0.25) is 5.91 Å². The number of aliphatic hydroxyl groups excluding tert-OH is 1. The van der Waals surface area contributed by atoms with Crippen molar-refractivity contribution in [2.45, 2.75) is 296 Å². The van der Waals surface area contributed by atoms with Crippen LogP contribution in [0.4, 0.5) is 0 Å². The molecule has 0 rings (SSSR count). The third-order valence-corrected chi connectivity index (χ3v) is 15.1. The second kappa shape index (κ2) is 57.4. The standard InChI is InChI=1S/C67H123N2O6P/c1-6-8-10-12-14-16-18-20-22-24-26-28-30-31-32-33-34-35-36-37-39-41-43-45-47-49-51-53-55-57-59-61-67(71)68-65(64-75-76(72,73)74-63-62-69(3,4)5)66(70)60-58-56-54-52-50-48-46-44-42-40-38-29-27-25-23-21-19-17-15-13-11-9-7-2/h8,10,14,16,20,22,26,28,31-32,50,52,58,60,65-66,70H,6-7,9,11-13,15,17-19,21,23-25,27,29-30,33-49,51,53-57,59,61-64H2,1-5H3,(H-,68,71,72,73)/b10-8-,16-14-,22-20-,28-26-,32-31-,52-50+,60-58+. The van der Waals surface area contributed by atoms with E-state index in [1.807, 2.05) is 27.2 Å². The van der Waals surface area contributed by atoms with Crippen molar-refractivity contribution in [1.29, 1.82) is 0 Å². The van der Waals surface area contributed by atoms with Gasteiger partial charge in [0.1, 0.15) is 13.2 Å². The third-order valence-electron chi connectivity index (χ3n) is 14.1. The van der Waals surface area contributed by atoms with Crippen molar-refractivity contribution in [1.82, 2.24) is 5.32 Å². The van der Waals surface area contributed by atoms with Gasteiger partial charge in [0.25, 0.3) is 7.82 Å². The Morgan fingerprint density at radius 2 is 0.816 bits per heavy atom. The summed E-state index contributed by atoms with van der Waals surface area (Å²) in [6, 6.07) is -0.908. The van der Waals surface area contributed by atoms with Crippen LogP contribution in [0, 0.1) is 0 Å². The Balaban J connectivity index is 4.16. The number of nitrogens with one attached hydrogen (secondary N) is 1. The number of carbonyl (C=O) groups excluding carboxylic acids is 1. The number of rotatable bonds is 58. The van der Waals surface area contributed by atoms with Crippen molar-refractivity contribution in [3.05, 3.63) is 85.1 Å². The first kappa shape index (κ1) is 73.7. The highest BCUT2D eigenvalue weighted by Gasteiger charge is 2.23. The lowest BCUT2D eigenvalue weighted by atomic mass is 10.0. The van der Waals surface area contributed by atoms with Crippen LogP contribution in [0.1, 0.15) is 284 Å². The Morgan fingerprint density at radius 3 is 1.22 bits per heavy atom. The maximum absolute atomic E-state index is 13.0. The monoisotopic (exact) mass is 1080 g/mol. The third kappa shape index (κ3) is 59.3. The largest absolute Gasteiger partial charge is 0.756 e. The molecular weight excluding hydrogens is 960 g/mol. The summed E-state index contributed by atoms with van der Waals surface area (Å²) in [6.07, 6.45) is 81.1. The molecule has 2 N–H and O–H groups in total. The van der Waals surface area contributed by atoms with E-state index in [0.29, 0.717) is 17.4 Å². The molecule has 3 unspecified atom stereocenters. The van der Waals surface area contributed by atoms with Gasteiger partial charge >= 0.3 is 0 Å². The van der Waals surface area contributed by atoms with Gasteiger partial charge in [0.15, 0.2) is 0 Å². The van der Waals surface area contributed by atoms with Crippen molar-refractivity contribution in [3.8, 4) is 0 Å². The van der Waals surface area contributed by atoms with E-state index in [0.717, 1.165) is 70.6 Å². The highest BCUT2D eigenvalue weighted by molar-refractivity contribution is 7.45. The molecule has 0 aliphatic heterocycles. The number of quaternary nitrogens is 1. The zero-order chi connectivity index (χ0) is 55.6. The topological polar surface area (TPSA) is 108 Å². The van der Waals surface area contributed by atoms with Crippen LogP contribution in [0.5, 0.6) is 0 Å². The molecule has 8 nitrogen and oxygen atoms in total. The number of aliphatic hydroxyl groups is 1. The lowest BCUT2D eigenvalue weighted by molar-refractivity contribution is -0.870. The molecule has 0 fully saturated rings. The van der Waals surface area contributed by atoms with Gasteiger partial charge < -0.3 is 28.8 Å². The first-order chi connectivity index (χ1) is 37.0. The maximum atomic E-state index is 13.0. The van der Waals surface area contributed by atoms with Gasteiger partial charge in [0.05, 0.1) is 39.9 Å². The van der Waals surface area contributed by atoms with Gasteiger partial charge in [-0.2, -0.15) is 0 Å². The molecule has 0 aliphatic rings. The number of nitrogens with zero attached hydrogens (tertiary/aromatic N) is 1. The predicted octanol–water partition coefficient (Wildman–Crippen LogP) is 19.4. The Hall–Kier alpha value is -2.32. The van der Waals surface area contributed by atoms with Crippen LogP contribution >= 0.6 is 7.82 Å². The number of phosphoric acid groups is 1. The van der Waals surface area contributed by atoms with Crippen LogP contribution in [0.2, 0.25) is 0 Å². The molecule has 0 aromatic carbocycles. The molecule has 0 saturated carbocycles. The Bertz CT molecular complexity index is 1510. The van der Waals surface area contributed by atoms with Crippen LogP contribution < -0.4 is 10.2 Å². The van der Waals surface area contributed by atoms with Crippen molar-refractivity contribution >= 4 is 13.7 Å². The van der Waals surface area contributed by atoms with E-state index in [2.05, 4.69) is 92.1 Å². The SMILES string of the molecule is CC/C=C\C/C=C\C/C=C\C/C=C\C/C=C\CCCCCCCCCCCCCCCCCC(=O)NC(COP(=O)([O-])OCC[N+](C)(C)C)C(O)/C=C/CC/C=C/CCCCCCCCCCCCCCCCCCC. The number of phosphoric ester groups is 1. The minimum absolute atomic E-state index is 0.00848. The van der Waals surface area contributed by atoms with E-state index in [-0.39, 0.29) is 12.5 Å². The fraction of sp³-hybridized carbons (Fsp3) is 0.776. The predicted molar refractivity (Wildman–Crippen MR) is 330 cm³/mol. The van der Waals surface area contributed by atoms with Gasteiger partial charge in [-0.3, -0.25) is 9.36 Å². The smallest absolute Gasteiger partial charge is 0.268 e. The van der Waals surface area contributed by atoms with E-state index >= 15 is 0 Å². The molecule has 0 aliphatic carbocycles. The zero-order valence-electron chi connectivity index (χ0n) is 50.4. The van der Waals surface area contributed by atoms with Gasteiger partial charge in [-0.05, 0) is 77.0 Å². The molecular formula is C67H123N2O6P. The average Bonchev–Trinajstić information content (AvgIpc) is 3.38. The fourth-order valence-electron chi connectivity index (χ4n) is 9.14. The molecule has 9 heteroatoms. The summed E-state index contributed by atoms with van der Waals surface area (Å²) in [5.41, 5.74) is 0. The fourth-order valence-corrected chi connectivity index (χ4v) is 9.86. The van der Waals surface area contributed by atoms with Gasteiger partial charge in [-0.1, -0.05) is 285 Å². The number of hydrogen-bond acceptors (Lipinski definition) is 6. The van der Waals surface area contributed by atoms with Crippen LogP contribution in [0.15, 0.2) is 85.1 Å². The van der Waals surface area contributed by atoms with Gasteiger partial charge in [-0.15, -0.1) is 0 Å². The van der Waals surface area contributed by atoms with E-state index in [1.54, 1.807) is 6.08 Å². The number of amides is 1. The van der Waals surface area contributed by atoms with E-state index in [9.17, 15) is 19.4 Å². The molecule has 0 spiro atoms. The Kier molecular flexibility index (Phi) is 55.6. The van der Waals surface area contributed by atoms with E-state index in [4.69, 9.17) is 9.05 Å². The molecule has 442 valence electrons. The number of unbranched alkanes of at least 4 members (excludes halogenated alkanes) is 33. The summed E-state index contributed by atoms with van der Waals surface area (Å²) in [7, 11) is 1.24. The summed E-state index contributed by atoms with van der Waals surface area (Å²) in [6.45, 7) is 4.54. The molecule has 1 amide bonds. The van der Waals surface area contributed by atoms with Crippen LogP contribution in [0.25, 0.3) is 0 Å². The lowest BCUT2D eigenvalue weighted by Gasteiger charge is -2.29. The molecule has 3 atom stereocenters. The van der Waals surface area contributed by atoms with Gasteiger partial charge in [0, 0.05) is 6.42 Å². The molecule has 0 bridgehead atoms. The lowest BCUT2D eigenvalue weighted by Crippen LogP contribution is -2.45. The highest BCUT2D eigenvalue weighted by Crippen LogP contribution is 2.38. The highest BCUT2D eigenvalue weighted by atomic mass is 31.2. The second-order valence-electron chi connectivity index (χ2n) is 22.7. The first-order valence-corrected chi connectivity index (χ1v) is 33.4. The van der Waals surface area contributed by atoms with Crippen LogP contribution in [0.3, 0.4) is 0 Å². The van der Waals surface area contributed by atoms with Crippen LogP contribution in [-0.4, -0.2) is 68.5 Å². The molecule has 0 aromatic heterocycles. The van der Waals surface area contributed by atoms with Crippen molar-refractivity contribution in [2.24, 2.45) is 0 Å². The number of hydrogen-bond donors (Lipinski definition) is 2. The Labute approximate surface area is 471 Å². The van der Waals surface area contributed by atoms with Crippen molar-refractivity contribution in [2.75, 3.05) is 40.9 Å². The molecule has 0 saturated heterocycles. The van der Waals surface area contributed by atoms with Crippen molar-refractivity contribution in [3.63, 3.8) is 0 Å². The van der Waals surface area contributed by atoms with Crippen LogP contribution in [-0.2, 0) is 18.4 Å². The maximum Gasteiger partial charge on any atom is 0.268 e. The summed E-state index contributed by atoms with van der Waals surface area (Å²) in [5.74, 6) is -0.207. The summed E-state index contributed by atoms with van der Waals surface area (Å²) in [4.78, 5) is 25.6. The molecule has 0 heterocycles. The zero-order valence-corrected chi connectivity index (χ0v) is 51.3. The minimum Gasteiger partial charge on any atom is -0.756 e. The normalized spacial score (nSPS) is 14.4. The number of allylic oxidation sites excluding steroid dienone is 13. The first-order valence-electron chi connectivity index (χ1n) is 31.9. The average molecular weight is 1080 g/mol. The Morgan fingerprint density at radius 1 is 0.474 bits per heavy atom. The summed E-state index contributed by atoms with van der Waals surface area (Å²) >= 11 is 0. The second-order valence-corrected chi connectivity index (χ2v) is 24.1. The van der Waals surface area contributed by atoms with E-state index in [1.165, 1.54) is 193 Å². The van der Waals surface area contributed by atoms with E-state index < -0.39 is 26.6 Å². The van der Waals surface area contributed by atoms with Gasteiger partial charge in [-0.25, -0.2) is 0 Å². The molecule has 76 heavy (non-hydrogen) atoms. The quantitative estimate of drug-likeness (QED) is 0.0272. The minimum atomic E-state index is -4.61. The summed E-state index contributed by atoms with van der Waals surface area (Å²) < 4.78 is 23.4. The number of likely N-dealkylation sites (N-methyl/N-ethyl adjacent to an activating group) is 1. The summed E-state index contributed by atoms with van der Waals surface area (Å²) in [5, 5.41) is 13.9. The molecule has 0 radical (unpaired) electrons. The molecule has 0 aromatic rings.